The molecule has 0 spiro atoms. The average molecular weight is 347 g/mol. The van der Waals surface area contributed by atoms with Gasteiger partial charge in [-0.1, -0.05) is 48.0 Å². The molecule has 2 aromatic rings. The summed E-state index contributed by atoms with van der Waals surface area (Å²) in [6.45, 7) is -0.0569. The van der Waals surface area contributed by atoms with Gasteiger partial charge in [0.1, 0.15) is 5.75 Å². The number of carbonyl (C=O) groups is 2. The molecule has 0 bridgehead atoms. The van der Waals surface area contributed by atoms with Gasteiger partial charge in [-0.25, -0.2) is 9.59 Å². The van der Waals surface area contributed by atoms with Crippen LogP contribution in [0.1, 0.15) is 6.42 Å². The Morgan fingerprint density at radius 2 is 1.96 bits per heavy atom. The lowest BCUT2D eigenvalue weighted by Crippen LogP contribution is -2.26. The molecule has 124 valence electrons. The lowest BCUT2D eigenvalue weighted by molar-refractivity contribution is -0.161. The van der Waals surface area contributed by atoms with Gasteiger partial charge in [-0.2, -0.15) is 0 Å². The molecule has 0 amide bonds. The minimum atomic E-state index is -0.836. The number of benzene rings is 2. The van der Waals surface area contributed by atoms with Gasteiger partial charge >= 0.3 is 11.9 Å². The molecule has 1 fully saturated rings. The van der Waals surface area contributed by atoms with Crippen LogP contribution in [0.3, 0.4) is 0 Å². The zero-order valence-electron chi connectivity index (χ0n) is 12.7. The zero-order valence-corrected chi connectivity index (χ0v) is 13.5. The second kappa shape index (κ2) is 7.36. The van der Waals surface area contributed by atoms with Crippen molar-refractivity contribution in [2.24, 2.45) is 0 Å². The molecule has 5 nitrogen and oxygen atoms in total. The van der Waals surface area contributed by atoms with Gasteiger partial charge in [0, 0.05) is 6.42 Å². The molecule has 2 aromatic carbocycles. The lowest BCUT2D eigenvalue weighted by Gasteiger charge is -2.11. The van der Waals surface area contributed by atoms with Crippen LogP contribution in [0.5, 0.6) is 5.75 Å². The number of carbonyl (C=O) groups excluding carboxylic acids is 2. The number of halogens is 1. The standard InChI is InChI=1S/C18H15ClO5/c19-14-10-13(12-4-2-1-3-5-12)6-7-15(14)23-11-17(20)24-16-8-9-22-18(16)21/h1-7,10,16H,8-9,11H2/t16-/m0/s1. The fourth-order valence-corrected chi connectivity index (χ4v) is 2.58. The summed E-state index contributed by atoms with van der Waals surface area (Å²) in [5, 5.41) is 0.393. The fraction of sp³-hybridized carbons (Fsp3) is 0.222. The monoisotopic (exact) mass is 346 g/mol. The van der Waals surface area contributed by atoms with Crippen LogP contribution in [-0.2, 0) is 19.1 Å². The summed E-state index contributed by atoms with van der Waals surface area (Å²) in [6.07, 6.45) is -0.464. The maximum atomic E-state index is 11.7. The predicted molar refractivity (Wildman–Crippen MR) is 87.8 cm³/mol. The first kappa shape index (κ1) is 16.3. The first-order valence-corrected chi connectivity index (χ1v) is 7.85. The highest BCUT2D eigenvalue weighted by Crippen LogP contribution is 2.30. The van der Waals surface area contributed by atoms with Crippen LogP contribution in [0.2, 0.25) is 5.02 Å². The first-order valence-electron chi connectivity index (χ1n) is 7.47. The van der Waals surface area contributed by atoms with Crippen molar-refractivity contribution < 1.29 is 23.8 Å². The molecule has 1 aliphatic heterocycles. The highest BCUT2D eigenvalue weighted by Gasteiger charge is 2.30. The molecule has 1 saturated heterocycles. The summed E-state index contributed by atoms with van der Waals surface area (Å²) in [7, 11) is 0. The molecule has 0 aromatic heterocycles. The van der Waals surface area contributed by atoms with Crippen LogP contribution < -0.4 is 4.74 Å². The van der Waals surface area contributed by atoms with Crippen LogP contribution in [0.25, 0.3) is 11.1 Å². The Morgan fingerprint density at radius 1 is 1.17 bits per heavy atom. The van der Waals surface area contributed by atoms with Crippen molar-refractivity contribution >= 4 is 23.5 Å². The van der Waals surface area contributed by atoms with Gasteiger partial charge in [0.05, 0.1) is 11.6 Å². The molecule has 6 heteroatoms. The molecule has 0 radical (unpaired) electrons. The predicted octanol–water partition coefficient (Wildman–Crippen LogP) is 3.24. The molecule has 1 heterocycles. The van der Waals surface area contributed by atoms with Crippen molar-refractivity contribution in [1.82, 2.24) is 0 Å². The van der Waals surface area contributed by atoms with Crippen LogP contribution in [0.15, 0.2) is 48.5 Å². The molecular formula is C18H15ClO5. The van der Waals surface area contributed by atoms with Crippen molar-refractivity contribution in [3.63, 3.8) is 0 Å². The Hall–Kier alpha value is -2.53. The molecule has 24 heavy (non-hydrogen) atoms. The summed E-state index contributed by atoms with van der Waals surface area (Å²) in [5.74, 6) is -0.780. The van der Waals surface area contributed by atoms with Crippen LogP contribution >= 0.6 is 11.6 Å². The largest absolute Gasteiger partial charge is 0.480 e. The number of rotatable bonds is 5. The molecule has 0 aliphatic carbocycles. The number of hydrogen-bond acceptors (Lipinski definition) is 5. The quantitative estimate of drug-likeness (QED) is 0.778. The maximum Gasteiger partial charge on any atom is 0.347 e. The Bertz CT molecular complexity index is 744. The van der Waals surface area contributed by atoms with E-state index in [4.69, 9.17) is 25.8 Å². The van der Waals surface area contributed by atoms with E-state index >= 15 is 0 Å². The minimum absolute atomic E-state index is 0.268. The fourth-order valence-electron chi connectivity index (χ4n) is 2.34. The van der Waals surface area contributed by atoms with Gasteiger partial charge in [0.2, 0.25) is 6.10 Å². The second-order valence-corrected chi connectivity index (χ2v) is 5.64. The minimum Gasteiger partial charge on any atom is -0.480 e. The Labute approximate surface area is 144 Å². The van der Waals surface area contributed by atoms with Crippen LogP contribution in [-0.4, -0.2) is 31.3 Å². The number of hydrogen-bond donors (Lipinski definition) is 0. The zero-order chi connectivity index (χ0) is 16.9. The van der Waals surface area contributed by atoms with Gasteiger partial charge in [0.15, 0.2) is 6.61 Å². The van der Waals surface area contributed by atoms with Gasteiger partial charge in [0.25, 0.3) is 0 Å². The van der Waals surface area contributed by atoms with E-state index in [2.05, 4.69) is 0 Å². The summed E-state index contributed by atoms with van der Waals surface area (Å²) in [6, 6.07) is 15.1. The van der Waals surface area contributed by atoms with E-state index < -0.39 is 18.0 Å². The molecule has 0 N–H and O–H groups in total. The number of cyclic esters (lactones) is 1. The van der Waals surface area contributed by atoms with Crippen molar-refractivity contribution in [2.45, 2.75) is 12.5 Å². The number of ether oxygens (including phenoxy) is 3. The third-order valence-corrected chi connectivity index (χ3v) is 3.84. The van der Waals surface area contributed by atoms with E-state index in [1.165, 1.54) is 0 Å². The Morgan fingerprint density at radius 3 is 2.62 bits per heavy atom. The molecule has 1 aliphatic rings. The van der Waals surface area contributed by atoms with Crippen molar-refractivity contribution in [3.8, 4) is 16.9 Å². The summed E-state index contributed by atoms with van der Waals surface area (Å²) in [5.41, 5.74) is 1.98. The molecule has 0 unspecified atom stereocenters. The van der Waals surface area contributed by atoms with E-state index in [0.717, 1.165) is 11.1 Å². The maximum absolute atomic E-state index is 11.7. The lowest BCUT2D eigenvalue weighted by atomic mass is 10.1. The smallest absolute Gasteiger partial charge is 0.347 e. The normalized spacial score (nSPS) is 16.5. The Balaban J connectivity index is 1.59. The van der Waals surface area contributed by atoms with Gasteiger partial charge in [-0.05, 0) is 23.3 Å². The van der Waals surface area contributed by atoms with Gasteiger partial charge < -0.3 is 14.2 Å². The van der Waals surface area contributed by atoms with E-state index in [9.17, 15) is 9.59 Å². The summed E-state index contributed by atoms with van der Waals surface area (Å²) >= 11 is 6.20. The van der Waals surface area contributed by atoms with Gasteiger partial charge in [-0.15, -0.1) is 0 Å². The average Bonchev–Trinajstić information content (AvgIpc) is 2.99. The van der Waals surface area contributed by atoms with Crippen LogP contribution in [0.4, 0.5) is 0 Å². The van der Waals surface area contributed by atoms with E-state index in [1.54, 1.807) is 12.1 Å². The van der Waals surface area contributed by atoms with E-state index in [-0.39, 0.29) is 13.2 Å². The van der Waals surface area contributed by atoms with E-state index in [0.29, 0.717) is 17.2 Å². The van der Waals surface area contributed by atoms with Crippen molar-refractivity contribution in [1.29, 1.82) is 0 Å². The molecular weight excluding hydrogens is 332 g/mol. The third-order valence-electron chi connectivity index (χ3n) is 3.55. The summed E-state index contributed by atoms with van der Waals surface area (Å²) < 4.78 is 15.1. The van der Waals surface area contributed by atoms with E-state index in [1.807, 2.05) is 36.4 Å². The summed E-state index contributed by atoms with van der Waals surface area (Å²) in [4.78, 5) is 23.0. The third kappa shape index (κ3) is 3.86. The number of esters is 2. The van der Waals surface area contributed by atoms with Gasteiger partial charge in [-0.3, -0.25) is 0 Å². The Kier molecular flexibility index (Phi) is 5.01. The highest BCUT2D eigenvalue weighted by molar-refractivity contribution is 6.32. The molecule has 1 atom stereocenters. The topological polar surface area (TPSA) is 61.8 Å². The first-order chi connectivity index (χ1) is 11.6. The molecule has 3 rings (SSSR count). The highest BCUT2D eigenvalue weighted by atomic mass is 35.5. The molecule has 0 saturated carbocycles. The van der Waals surface area contributed by atoms with Crippen molar-refractivity contribution in [3.05, 3.63) is 53.6 Å². The second-order valence-electron chi connectivity index (χ2n) is 5.23. The van der Waals surface area contributed by atoms with Crippen molar-refractivity contribution in [2.75, 3.05) is 13.2 Å². The SMILES string of the molecule is O=C(COc1ccc(-c2ccccc2)cc1Cl)O[C@H]1CCOC1=O. The van der Waals surface area contributed by atoms with Crippen LogP contribution in [0, 0.1) is 0 Å².